The van der Waals surface area contributed by atoms with Crippen LogP contribution in [0, 0.1) is 11.8 Å². The number of phosphoric ester groups is 1. The molecule has 2 saturated carbocycles. The first-order chi connectivity index (χ1) is 20.0. The fourth-order valence-electron chi connectivity index (χ4n) is 6.21. The van der Waals surface area contributed by atoms with Gasteiger partial charge in [0.1, 0.15) is 30.2 Å². The Balaban J connectivity index is 1.17. The van der Waals surface area contributed by atoms with Gasteiger partial charge in [0.25, 0.3) is 5.56 Å². The van der Waals surface area contributed by atoms with E-state index in [1.54, 1.807) is 4.57 Å². The van der Waals surface area contributed by atoms with Crippen molar-refractivity contribution in [2.75, 3.05) is 38.9 Å². The van der Waals surface area contributed by atoms with E-state index in [0.29, 0.717) is 0 Å². The maximum atomic E-state index is 13.0. The van der Waals surface area contributed by atoms with Crippen LogP contribution in [-0.2, 0) is 27.8 Å². The minimum Gasteiger partial charge on any atom is -0.394 e. The molecule has 21 heteroatoms. The summed E-state index contributed by atoms with van der Waals surface area (Å²) in [5.74, 6) is -1.46. The Labute approximate surface area is 234 Å². The van der Waals surface area contributed by atoms with Gasteiger partial charge in [-0.2, -0.15) is 9.97 Å². The Morgan fingerprint density at radius 1 is 1.17 bits per heavy atom. The molecule has 42 heavy (non-hydrogen) atoms. The van der Waals surface area contributed by atoms with Crippen molar-refractivity contribution in [1.82, 2.24) is 34.1 Å². The van der Waals surface area contributed by atoms with Crippen LogP contribution in [0.15, 0.2) is 22.2 Å². The predicted molar refractivity (Wildman–Crippen MR) is 137 cm³/mol. The van der Waals surface area contributed by atoms with E-state index in [1.165, 1.54) is 20.5 Å². The summed E-state index contributed by atoms with van der Waals surface area (Å²) in [7, 11) is -2.20. The Hall–Kier alpha value is -3.33. The zero-order chi connectivity index (χ0) is 30.1. The van der Waals surface area contributed by atoms with Crippen molar-refractivity contribution in [2.45, 2.75) is 42.3 Å². The van der Waals surface area contributed by atoms with Crippen LogP contribution in [0.1, 0.15) is 12.3 Å². The van der Waals surface area contributed by atoms with E-state index in [4.69, 9.17) is 34.7 Å². The standard InChI is InChI=1S/C21H28N9O11P/c1-37-12-11(8(3-31)40-17(12)30-6-25-18(22)28-20(30)34)41-42(35,36)39-4-7-9-13(21(9,38-2)14(7)32)29-5-24-10-15(29)26-19(23)27-16(10)33/h5-9,11-14,17,31-32H,3-4H2,1-2H3,(H,35,36)(H2,22,28,34)(H3,23,26,27,33)/t7-,8+,9?,11?,12-,13+,14-,17+,21?/m0/s1. The highest BCUT2D eigenvalue weighted by atomic mass is 31.2. The highest BCUT2D eigenvalue weighted by molar-refractivity contribution is 7.47. The summed E-state index contributed by atoms with van der Waals surface area (Å²) in [6.07, 6.45) is -3.64. The van der Waals surface area contributed by atoms with Crippen LogP contribution in [0.2, 0.25) is 0 Å². The minimum atomic E-state index is -4.87. The fraction of sp³-hybridized carbons (Fsp3) is 0.619. The lowest BCUT2D eigenvalue weighted by molar-refractivity contribution is -0.146. The third kappa shape index (κ3) is 4.26. The number of aliphatic hydroxyl groups excluding tert-OH is 2. The zero-order valence-electron chi connectivity index (χ0n) is 22.1. The molecule has 0 aromatic carbocycles. The van der Waals surface area contributed by atoms with Gasteiger partial charge in [0.05, 0.1) is 31.7 Å². The van der Waals surface area contributed by atoms with Crippen molar-refractivity contribution in [1.29, 1.82) is 0 Å². The van der Waals surface area contributed by atoms with Crippen molar-refractivity contribution in [3.05, 3.63) is 33.5 Å². The summed E-state index contributed by atoms with van der Waals surface area (Å²) in [5, 5.41) is 20.8. The Morgan fingerprint density at radius 2 is 1.90 bits per heavy atom. The van der Waals surface area contributed by atoms with Gasteiger partial charge in [-0.25, -0.2) is 19.3 Å². The summed E-state index contributed by atoms with van der Waals surface area (Å²) >= 11 is 0. The number of methoxy groups -OCH3 is 2. The third-order valence-corrected chi connectivity index (χ3v) is 9.07. The van der Waals surface area contributed by atoms with Gasteiger partial charge >= 0.3 is 13.5 Å². The maximum Gasteiger partial charge on any atom is 0.472 e. The van der Waals surface area contributed by atoms with Crippen LogP contribution in [0.5, 0.6) is 0 Å². The van der Waals surface area contributed by atoms with E-state index in [1.807, 2.05) is 0 Å². The molecule has 4 heterocycles. The summed E-state index contributed by atoms with van der Waals surface area (Å²) in [5.41, 5.74) is 8.94. The molecule has 3 aliphatic rings. The largest absolute Gasteiger partial charge is 0.472 e. The highest BCUT2D eigenvalue weighted by Gasteiger charge is 2.83. The first-order valence-electron chi connectivity index (χ1n) is 12.6. The number of nitrogens with two attached hydrogens (primary N) is 2. The van der Waals surface area contributed by atoms with E-state index in [2.05, 4.69) is 24.9 Å². The van der Waals surface area contributed by atoms with Crippen molar-refractivity contribution in [3.8, 4) is 0 Å². The second kappa shape index (κ2) is 10.1. The smallest absolute Gasteiger partial charge is 0.394 e. The summed E-state index contributed by atoms with van der Waals surface area (Å²) in [4.78, 5) is 53.0. The summed E-state index contributed by atoms with van der Waals surface area (Å²) in [6.45, 7) is -1.08. The van der Waals surface area contributed by atoms with Gasteiger partial charge in [-0.3, -0.25) is 23.4 Å². The van der Waals surface area contributed by atoms with Gasteiger partial charge in [0, 0.05) is 26.1 Å². The van der Waals surface area contributed by atoms with Gasteiger partial charge in [-0.05, 0) is 0 Å². The number of aliphatic hydroxyl groups is 2. The molecule has 4 unspecified atom stereocenters. The number of H-pyrrole nitrogens is 1. The van der Waals surface area contributed by atoms with Crippen molar-refractivity contribution in [3.63, 3.8) is 0 Å². The van der Waals surface area contributed by atoms with Crippen molar-refractivity contribution in [2.24, 2.45) is 11.8 Å². The number of phosphoric acid groups is 1. The monoisotopic (exact) mass is 613 g/mol. The number of aromatic amines is 1. The molecular formula is C21H28N9O11P. The first kappa shape index (κ1) is 28.8. The molecule has 0 radical (unpaired) electrons. The van der Waals surface area contributed by atoms with Gasteiger partial charge < -0.3 is 45.4 Å². The molecule has 3 aromatic heterocycles. The van der Waals surface area contributed by atoms with E-state index >= 15 is 0 Å². The Morgan fingerprint density at radius 3 is 2.57 bits per heavy atom. The van der Waals surface area contributed by atoms with Gasteiger partial charge in [0.2, 0.25) is 11.9 Å². The lowest BCUT2D eigenvalue weighted by Gasteiger charge is -2.38. The molecule has 2 aliphatic carbocycles. The third-order valence-electron chi connectivity index (χ3n) is 8.09. The SMILES string of the molecule is CO[C@H]1C(OP(=O)(O)OC[C@H]2C3[C@@H](n4cnc5c(=O)[nH]c(N)nc54)C3(OC)[C@H]2O)[C@@H](CO)O[C@H]1n1cnc(N)nc1=O. The number of nitrogens with one attached hydrogen (secondary N) is 1. The first-order valence-corrected chi connectivity index (χ1v) is 14.1. The molecular weight excluding hydrogens is 585 g/mol. The average Bonchev–Trinajstić information content (AvgIpc) is 3.14. The van der Waals surface area contributed by atoms with Gasteiger partial charge in [-0.15, -0.1) is 0 Å². The number of anilines is 2. The molecule has 8 N–H and O–H groups in total. The summed E-state index contributed by atoms with van der Waals surface area (Å²) < 4.78 is 42.9. The topological polar surface area (TPSA) is 287 Å². The minimum absolute atomic E-state index is 0.0494. The summed E-state index contributed by atoms with van der Waals surface area (Å²) in [6, 6.07) is -0.523. The second-order valence-electron chi connectivity index (χ2n) is 10.1. The predicted octanol–water partition coefficient (Wildman–Crippen LogP) is -3.11. The number of aromatic nitrogens is 7. The molecule has 1 saturated heterocycles. The van der Waals surface area contributed by atoms with E-state index in [0.717, 1.165) is 10.9 Å². The van der Waals surface area contributed by atoms with Gasteiger partial charge in [-0.1, -0.05) is 0 Å². The number of ether oxygens (including phenoxy) is 3. The Bertz CT molecular complexity index is 1680. The number of nitrogens with zero attached hydrogens (tertiary/aromatic N) is 6. The molecule has 3 aromatic rings. The number of rotatable bonds is 10. The van der Waals surface area contributed by atoms with Crippen LogP contribution < -0.4 is 22.7 Å². The number of fused-ring (bicyclic) bond motifs is 2. The maximum absolute atomic E-state index is 13.0. The normalized spacial score (nSPS) is 35.1. The molecule has 20 nitrogen and oxygen atoms in total. The number of hydrogen-bond donors (Lipinski definition) is 6. The quantitative estimate of drug-likeness (QED) is 0.123. The molecule has 3 fully saturated rings. The van der Waals surface area contributed by atoms with E-state index in [-0.39, 0.29) is 23.1 Å². The molecule has 0 amide bonds. The highest BCUT2D eigenvalue weighted by Crippen LogP contribution is 2.73. The van der Waals surface area contributed by atoms with Crippen LogP contribution >= 0.6 is 7.82 Å². The second-order valence-corrected chi connectivity index (χ2v) is 11.5. The Kier molecular flexibility index (Phi) is 6.95. The zero-order valence-corrected chi connectivity index (χ0v) is 23.0. The lowest BCUT2D eigenvalue weighted by atomic mass is 9.79. The number of nitrogen functional groups attached to an aromatic ring is 2. The van der Waals surface area contributed by atoms with Crippen molar-refractivity contribution < 1.29 is 42.9 Å². The van der Waals surface area contributed by atoms with Crippen LogP contribution in [0.4, 0.5) is 11.9 Å². The fourth-order valence-corrected chi connectivity index (χ4v) is 7.19. The average molecular weight is 613 g/mol. The van der Waals surface area contributed by atoms with E-state index < -0.39 is 86.4 Å². The van der Waals surface area contributed by atoms with E-state index in [9.17, 15) is 29.3 Å². The van der Waals surface area contributed by atoms with Crippen LogP contribution in [-0.4, -0.2) is 107 Å². The molecule has 6 rings (SSSR count). The van der Waals surface area contributed by atoms with Crippen LogP contribution in [0.25, 0.3) is 11.2 Å². The van der Waals surface area contributed by atoms with Crippen LogP contribution in [0.3, 0.4) is 0 Å². The molecule has 228 valence electrons. The molecule has 1 aliphatic heterocycles. The number of imidazole rings is 1. The van der Waals surface area contributed by atoms with Gasteiger partial charge in [0.15, 0.2) is 17.4 Å². The molecule has 0 spiro atoms. The molecule has 10 atom stereocenters. The van der Waals surface area contributed by atoms with Crippen molar-refractivity contribution >= 4 is 30.9 Å². The number of hydrogen-bond acceptors (Lipinski definition) is 16. The lowest BCUT2D eigenvalue weighted by Crippen LogP contribution is -2.52. The molecule has 0 bridgehead atoms.